The summed E-state index contributed by atoms with van der Waals surface area (Å²) in [4.78, 5) is 0. The van der Waals surface area contributed by atoms with Crippen molar-refractivity contribution < 1.29 is 9.13 Å². The van der Waals surface area contributed by atoms with Crippen molar-refractivity contribution in [2.75, 3.05) is 6.61 Å². The number of hydrogen-bond donors (Lipinski definition) is 2. The number of halogens is 2. The third-order valence-electron chi connectivity index (χ3n) is 3.35. The third-order valence-corrected chi connectivity index (χ3v) is 3.77. The van der Waals surface area contributed by atoms with Crippen LogP contribution in [-0.4, -0.2) is 18.8 Å². The number of benzene rings is 1. The van der Waals surface area contributed by atoms with Crippen molar-refractivity contribution in [3.8, 4) is 0 Å². The van der Waals surface area contributed by atoms with Crippen LogP contribution in [0.1, 0.15) is 24.8 Å². The Morgan fingerprint density at radius 2 is 2.33 bits per heavy atom. The van der Waals surface area contributed by atoms with E-state index in [0.717, 1.165) is 31.4 Å². The molecule has 18 heavy (non-hydrogen) atoms. The topological polar surface area (TPSA) is 47.3 Å². The van der Waals surface area contributed by atoms with Gasteiger partial charge in [-0.3, -0.25) is 11.3 Å². The van der Waals surface area contributed by atoms with Crippen molar-refractivity contribution in [1.29, 1.82) is 0 Å². The minimum atomic E-state index is -0.394. The summed E-state index contributed by atoms with van der Waals surface area (Å²) in [6, 6.07) is 4.79. The number of ether oxygens (including phenoxy) is 1. The van der Waals surface area contributed by atoms with Crippen LogP contribution in [0, 0.1) is 5.82 Å². The summed E-state index contributed by atoms with van der Waals surface area (Å²) in [5.74, 6) is 5.18. The minimum absolute atomic E-state index is 0.0374. The lowest BCUT2D eigenvalue weighted by Gasteiger charge is -2.30. The van der Waals surface area contributed by atoms with Gasteiger partial charge >= 0.3 is 0 Å². The molecule has 3 N–H and O–H groups in total. The molecule has 5 heteroatoms. The summed E-state index contributed by atoms with van der Waals surface area (Å²) in [5, 5.41) is 0.175. The maximum Gasteiger partial charge on any atom is 0.142 e. The third kappa shape index (κ3) is 3.20. The molecular weight excluding hydrogens is 255 g/mol. The number of hydrogen-bond acceptors (Lipinski definition) is 3. The van der Waals surface area contributed by atoms with Crippen molar-refractivity contribution in [3.63, 3.8) is 0 Å². The summed E-state index contributed by atoms with van der Waals surface area (Å²) in [6.07, 6.45) is 3.84. The first kappa shape index (κ1) is 13.7. The van der Waals surface area contributed by atoms with Crippen molar-refractivity contribution in [2.24, 2.45) is 5.84 Å². The maximum atomic E-state index is 13.4. The van der Waals surface area contributed by atoms with Crippen molar-refractivity contribution in [2.45, 2.75) is 37.8 Å². The predicted octanol–water partition coefficient (Wildman–Crippen LogP) is 2.42. The first-order chi connectivity index (χ1) is 8.72. The highest BCUT2D eigenvalue weighted by Gasteiger charge is 2.24. The van der Waals surface area contributed by atoms with Gasteiger partial charge in [0.25, 0.3) is 0 Å². The molecule has 1 aromatic rings. The van der Waals surface area contributed by atoms with Crippen LogP contribution in [0.25, 0.3) is 0 Å². The van der Waals surface area contributed by atoms with E-state index in [1.165, 1.54) is 6.07 Å². The van der Waals surface area contributed by atoms with E-state index < -0.39 is 5.82 Å². The Hall–Kier alpha value is -0.680. The molecule has 0 bridgehead atoms. The zero-order chi connectivity index (χ0) is 13.0. The lowest BCUT2D eigenvalue weighted by molar-refractivity contribution is -0.00744. The molecule has 2 rings (SSSR count). The van der Waals surface area contributed by atoms with Crippen LogP contribution in [0.2, 0.25) is 5.02 Å². The summed E-state index contributed by atoms with van der Waals surface area (Å²) in [6.45, 7) is 0.764. The molecule has 0 saturated carbocycles. The Kier molecular flexibility index (Phi) is 4.95. The fourth-order valence-electron chi connectivity index (χ4n) is 2.32. The SMILES string of the molecule is NNC(Cc1cccc(F)c1Cl)C1CCCCO1. The zero-order valence-electron chi connectivity index (χ0n) is 10.2. The molecule has 2 unspecified atom stereocenters. The molecular formula is C13H18ClFN2O. The average Bonchev–Trinajstić information content (AvgIpc) is 2.41. The molecule has 1 fully saturated rings. The number of hydrazine groups is 1. The quantitative estimate of drug-likeness (QED) is 0.654. The van der Waals surface area contributed by atoms with E-state index in [1.807, 2.05) is 6.07 Å². The minimum Gasteiger partial charge on any atom is -0.377 e. The van der Waals surface area contributed by atoms with Crippen LogP contribution in [0.3, 0.4) is 0 Å². The molecule has 100 valence electrons. The summed E-state index contributed by atoms with van der Waals surface area (Å²) in [7, 11) is 0. The van der Waals surface area contributed by atoms with Crippen LogP contribution in [0.5, 0.6) is 0 Å². The van der Waals surface area contributed by atoms with Crippen LogP contribution < -0.4 is 11.3 Å². The molecule has 2 atom stereocenters. The fourth-order valence-corrected chi connectivity index (χ4v) is 2.53. The van der Waals surface area contributed by atoms with Gasteiger partial charge in [0.2, 0.25) is 0 Å². The van der Waals surface area contributed by atoms with Gasteiger partial charge in [0, 0.05) is 6.61 Å². The zero-order valence-corrected chi connectivity index (χ0v) is 10.9. The normalized spacial score (nSPS) is 21.8. The van der Waals surface area contributed by atoms with Crippen LogP contribution in [0.4, 0.5) is 4.39 Å². The lowest BCUT2D eigenvalue weighted by Crippen LogP contribution is -2.47. The monoisotopic (exact) mass is 272 g/mol. The fraction of sp³-hybridized carbons (Fsp3) is 0.538. The predicted molar refractivity (Wildman–Crippen MR) is 69.8 cm³/mol. The van der Waals surface area contributed by atoms with E-state index in [1.54, 1.807) is 6.07 Å². The highest BCUT2D eigenvalue weighted by Crippen LogP contribution is 2.24. The van der Waals surface area contributed by atoms with Gasteiger partial charge in [-0.1, -0.05) is 23.7 Å². The lowest BCUT2D eigenvalue weighted by atomic mass is 9.96. The Balaban J connectivity index is 2.07. The number of nitrogens with one attached hydrogen (secondary N) is 1. The van der Waals surface area contributed by atoms with Crippen molar-refractivity contribution in [3.05, 3.63) is 34.6 Å². The number of rotatable bonds is 4. The van der Waals surface area contributed by atoms with Gasteiger partial charge in [0.15, 0.2) is 0 Å². The van der Waals surface area contributed by atoms with Gasteiger partial charge in [-0.25, -0.2) is 4.39 Å². The van der Waals surface area contributed by atoms with E-state index >= 15 is 0 Å². The molecule has 3 nitrogen and oxygen atoms in total. The summed E-state index contributed by atoms with van der Waals surface area (Å²) < 4.78 is 19.1. The molecule has 0 spiro atoms. The molecule has 1 aromatic carbocycles. The van der Waals surface area contributed by atoms with E-state index in [9.17, 15) is 4.39 Å². The van der Waals surface area contributed by atoms with Gasteiger partial charge < -0.3 is 4.74 Å². The Morgan fingerprint density at radius 3 is 3.00 bits per heavy atom. The van der Waals surface area contributed by atoms with Gasteiger partial charge in [-0.05, 0) is 37.3 Å². The molecule has 1 aliphatic rings. The van der Waals surface area contributed by atoms with Gasteiger partial charge in [0.05, 0.1) is 17.2 Å². The van der Waals surface area contributed by atoms with Crippen LogP contribution >= 0.6 is 11.6 Å². The molecule has 0 aliphatic carbocycles. The van der Waals surface area contributed by atoms with Gasteiger partial charge in [-0.15, -0.1) is 0 Å². The van der Waals surface area contributed by atoms with E-state index in [0.29, 0.717) is 6.42 Å². The average molecular weight is 273 g/mol. The smallest absolute Gasteiger partial charge is 0.142 e. The molecule has 0 amide bonds. The van der Waals surface area contributed by atoms with Crippen molar-refractivity contribution >= 4 is 11.6 Å². The largest absolute Gasteiger partial charge is 0.377 e. The second-order valence-corrected chi connectivity index (χ2v) is 4.97. The number of nitrogens with two attached hydrogens (primary N) is 1. The summed E-state index contributed by atoms with van der Waals surface area (Å²) in [5.41, 5.74) is 3.52. The van der Waals surface area contributed by atoms with Crippen LogP contribution in [0.15, 0.2) is 18.2 Å². The highest BCUT2D eigenvalue weighted by atomic mass is 35.5. The van der Waals surface area contributed by atoms with Gasteiger partial charge in [0.1, 0.15) is 5.82 Å². The molecule has 1 heterocycles. The molecule has 1 saturated heterocycles. The Labute approximate surface area is 111 Å². The van der Waals surface area contributed by atoms with Crippen LogP contribution in [-0.2, 0) is 11.2 Å². The van der Waals surface area contributed by atoms with E-state index in [-0.39, 0.29) is 17.2 Å². The Morgan fingerprint density at radius 1 is 1.50 bits per heavy atom. The second-order valence-electron chi connectivity index (χ2n) is 4.60. The Bertz CT molecular complexity index is 397. The highest BCUT2D eigenvalue weighted by molar-refractivity contribution is 6.31. The first-order valence-corrected chi connectivity index (χ1v) is 6.61. The van der Waals surface area contributed by atoms with Gasteiger partial charge in [-0.2, -0.15) is 0 Å². The van der Waals surface area contributed by atoms with E-state index in [4.69, 9.17) is 22.2 Å². The molecule has 0 radical (unpaired) electrons. The molecule has 0 aromatic heterocycles. The standard InChI is InChI=1S/C13H18ClFN2O/c14-13-9(4-3-5-10(13)15)8-11(17-16)12-6-1-2-7-18-12/h3-5,11-12,17H,1-2,6-8,16H2. The summed E-state index contributed by atoms with van der Waals surface area (Å²) >= 11 is 5.95. The maximum absolute atomic E-state index is 13.4. The second kappa shape index (κ2) is 6.48. The molecule has 1 aliphatic heterocycles. The van der Waals surface area contributed by atoms with E-state index in [2.05, 4.69) is 5.43 Å². The van der Waals surface area contributed by atoms with Crippen molar-refractivity contribution in [1.82, 2.24) is 5.43 Å². The first-order valence-electron chi connectivity index (χ1n) is 6.23.